The third-order valence-corrected chi connectivity index (χ3v) is 5.92. The Bertz CT molecular complexity index is 1210. The first-order chi connectivity index (χ1) is 15.0. The van der Waals surface area contributed by atoms with Crippen molar-refractivity contribution in [3.8, 4) is 16.2 Å². The van der Waals surface area contributed by atoms with Crippen molar-refractivity contribution in [1.82, 2.24) is 9.97 Å². The lowest BCUT2D eigenvalue weighted by Crippen LogP contribution is -2.31. The molecule has 2 heterocycles. The number of benzene rings is 2. The maximum atomic E-state index is 13.9. The van der Waals surface area contributed by atoms with Crippen LogP contribution in [0.2, 0.25) is 0 Å². The minimum absolute atomic E-state index is 0.203. The molecule has 1 amide bonds. The number of aromatic nitrogens is 2. The molecule has 0 spiro atoms. The van der Waals surface area contributed by atoms with Gasteiger partial charge in [0, 0.05) is 27.8 Å². The van der Waals surface area contributed by atoms with Gasteiger partial charge in [-0.3, -0.25) is 9.78 Å². The van der Waals surface area contributed by atoms with E-state index in [-0.39, 0.29) is 11.6 Å². The molecule has 0 atom stereocenters. The smallest absolute Gasteiger partial charge is 0.278 e. The van der Waals surface area contributed by atoms with Crippen molar-refractivity contribution >= 4 is 22.9 Å². The molecule has 0 fully saturated rings. The molecule has 0 unspecified atom stereocenters. The zero-order valence-corrected chi connectivity index (χ0v) is 17.9. The Morgan fingerprint density at radius 1 is 1.13 bits per heavy atom. The van der Waals surface area contributed by atoms with E-state index in [1.807, 2.05) is 31.2 Å². The molecular weight excluding hydrogens is 413 g/mol. The lowest BCUT2D eigenvalue weighted by molar-refractivity contribution is 0.0980. The molecule has 2 aromatic carbocycles. The van der Waals surface area contributed by atoms with E-state index in [1.165, 1.54) is 35.6 Å². The predicted molar refractivity (Wildman–Crippen MR) is 120 cm³/mol. The fourth-order valence-electron chi connectivity index (χ4n) is 3.28. The lowest BCUT2D eigenvalue weighted by atomic mass is 10.1. The molecule has 31 heavy (non-hydrogen) atoms. The highest BCUT2D eigenvalue weighted by molar-refractivity contribution is 7.15. The van der Waals surface area contributed by atoms with Crippen LogP contribution in [0.4, 0.5) is 10.1 Å². The number of hydrogen-bond donors (Lipinski definition) is 0. The second-order valence-electron chi connectivity index (χ2n) is 6.91. The van der Waals surface area contributed by atoms with Crippen LogP contribution in [-0.2, 0) is 6.54 Å². The number of methoxy groups -OCH3 is 1. The first kappa shape index (κ1) is 20.7. The number of nitrogens with zero attached hydrogens (tertiary/aromatic N) is 3. The van der Waals surface area contributed by atoms with Crippen LogP contribution in [0.1, 0.15) is 20.9 Å². The van der Waals surface area contributed by atoms with Gasteiger partial charge in [-0.25, -0.2) is 9.37 Å². The molecule has 0 bridgehead atoms. The fourth-order valence-corrected chi connectivity index (χ4v) is 4.27. The first-order valence-corrected chi connectivity index (χ1v) is 10.4. The Morgan fingerprint density at radius 2 is 2.00 bits per heavy atom. The summed E-state index contributed by atoms with van der Waals surface area (Å²) in [6, 6.07) is 16.0. The van der Waals surface area contributed by atoms with Gasteiger partial charge in [0.05, 0.1) is 19.9 Å². The van der Waals surface area contributed by atoms with Crippen molar-refractivity contribution in [2.45, 2.75) is 13.5 Å². The van der Waals surface area contributed by atoms with Crippen LogP contribution in [0.5, 0.6) is 5.75 Å². The summed E-state index contributed by atoms with van der Waals surface area (Å²) >= 11 is 1.58. The number of aryl methyl sites for hydroxylation is 1. The first-order valence-electron chi connectivity index (χ1n) is 9.62. The van der Waals surface area contributed by atoms with E-state index >= 15 is 0 Å². The molecule has 0 aliphatic heterocycles. The van der Waals surface area contributed by atoms with Gasteiger partial charge in [0.2, 0.25) is 0 Å². The Balaban J connectivity index is 1.65. The van der Waals surface area contributed by atoms with E-state index in [9.17, 15) is 9.18 Å². The van der Waals surface area contributed by atoms with Crippen molar-refractivity contribution in [3.05, 3.63) is 95.1 Å². The molecule has 0 saturated heterocycles. The molecule has 2 aromatic heterocycles. The minimum atomic E-state index is -0.407. The molecule has 0 aliphatic rings. The molecule has 7 heteroatoms. The number of ether oxygens (including phenoxy) is 1. The van der Waals surface area contributed by atoms with Crippen molar-refractivity contribution in [1.29, 1.82) is 0 Å². The van der Waals surface area contributed by atoms with Crippen LogP contribution in [0, 0.1) is 12.7 Å². The van der Waals surface area contributed by atoms with E-state index in [4.69, 9.17) is 4.74 Å². The Labute approximate surface area is 183 Å². The number of anilines is 1. The molecule has 0 saturated carbocycles. The number of hydrogen-bond acceptors (Lipinski definition) is 5. The van der Waals surface area contributed by atoms with Gasteiger partial charge in [-0.2, -0.15) is 0 Å². The Morgan fingerprint density at radius 3 is 2.71 bits per heavy atom. The highest BCUT2D eigenvalue weighted by Gasteiger charge is 2.21. The molecule has 4 aromatic rings. The van der Waals surface area contributed by atoms with Crippen molar-refractivity contribution in [2.75, 3.05) is 12.0 Å². The van der Waals surface area contributed by atoms with Crippen LogP contribution in [-0.4, -0.2) is 23.0 Å². The van der Waals surface area contributed by atoms with Gasteiger partial charge in [-0.1, -0.05) is 6.07 Å². The summed E-state index contributed by atoms with van der Waals surface area (Å²) in [5, 5.41) is 0. The summed E-state index contributed by atoms with van der Waals surface area (Å²) in [5.74, 6) is 0.0938. The van der Waals surface area contributed by atoms with Gasteiger partial charge in [0.1, 0.15) is 17.3 Å². The number of carbonyl (C=O) groups excluding carboxylic acids is 1. The topological polar surface area (TPSA) is 55.3 Å². The quantitative estimate of drug-likeness (QED) is 0.402. The van der Waals surface area contributed by atoms with Crippen LogP contribution >= 0.6 is 11.3 Å². The highest BCUT2D eigenvalue weighted by atomic mass is 32.1. The van der Waals surface area contributed by atoms with Crippen LogP contribution in [0.3, 0.4) is 0 Å². The van der Waals surface area contributed by atoms with Gasteiger partial charge in [0.25, 0.3) is 5.91 Å². The van der Waals surface area contributed by atoms with Crippen LogP contribution in [0.15, 0.2) is 73.2 Å². The number of carbonyl (C=O) groups is 1. The minimum Gasteiger partial charge on any atom is -0.496 e. The van der Waals surface area contributed by atoms with E-state index in [0.717, 1.165) is 26.6 Å². The SMILES string of the molecule is COc1ccc(-c2ccc(CN(C(=O)c3cnccn3)c3cccc(F)c3)s2)cc1C. The van der Waals surface area contributed by atoms with Crippen LogP contribution in [0.25, 0.3) is 10.4 Å². The van der Waals surface area contributed by atoms with Crippen molar-refractivity contribution in [3.63, 3.8) is 0 Å². The monoisotopic (exact) mass is 433 g/mol. The average Bonchev–Trinajstić information content (AvgIpc) is 3.26. The number of rotatable bonds is 6. The molecule has 5 nitrogen and oxygen atoms in total. The van der Waals surface area contributed by atoms with E-state index in [0.29, 0.717) is 12.2 Å². The van der Waals surface area contributed by atoms with Gasteiger partial charge in [-0.15, -0.1) is 11.3 Å². The van der Waals surface area contributed by atoms with Crippen molar-refractivity contribution < 1.29 is 13.9 Å². The maximum Gasteiger partial charge on any atom is 0.278 e. The Hall–Kier alpha value is -3.58. The summed E-state index contributed by atoms with van der Waals surface area (Å²) in [6.45, 7) is 2.29. The number of amides is 1. The molecule has 156 valence electrons. The molecule has 0 radical (unpaired) electrons. The van der Waals surface area contributed by atoms with Gasteiger partial charge in [0.15, 0.2) is 0 Å². The number of thiophene rings is 1. The lowest BCUT2D eigenvalue weighted by Gasteiger charge is -2.22. The van der Waals surface area contributed by atoms with E-state index in [1.54, 1.807) is 30.6 Å². The third kappa shape index (κ3) is 4.62. The summed E-state index contributed by atoms with van der Waals surface area (Å²) in [7, 11) is 1.65. The zero-order valence-electron chi connectivity index (χ0n) is 17.1. The highest BCUT2D eigenvalue weighted by Crippen LogP contribution is 2.33. The standard InChI is InChI=1S/C24H20FN3O2S/c1-16-12-17(6-8-22(16)30-2)23-9-7-20(31-23)15-28(19-5-3-4-18(25)13-19)24(29)21-14-26-10-11-27-21/h3-14H,15H2,1-2H3. The summed E-state index contributed by atoms with van der Waals surface area (Å²) in [4.78, 5) is 24.8. The molecule has 0 N–H and O–H groups in total. The second kappa shape index (κ2) is 9.06. The van der Waals surface area contributed by atoms with E-state index < -0.39 is 5.82 Å². The normalized spacial score (nSPS) is 10.7. The number of halogens is 1. The third-order valence-electron chi connectivity index (χ3n) is 4.80. The molecular formula is C24H20FN3O2S. The van der Waals surface area contributed by atoms with Crippen molar-refractivity contribution in [2.24, 2.45) is 0 Å². The average molecular weight is 434 g/mol. The molecule has 4 rings (SSSR count). The largest absolute Gasteiger partial charge is 0.496 e. The fraction of sp³-hybridized carbons (Fsp3) is 0.125. The van der Waals surface area contributed by atoms with Gasteiger partial charge in [-0.05, 0) is 66.6 Å². The summed E-state index contributed by atoms with van der Waals surface area (Å²) in [6.07, 6.45) is 4.38. The second-order valence-corrected chi connectivity index (χ2v) is 8.08. The summed E-state index contributed by atoms with van der Waals surface area (Å²) < 4.78 is 19.2. The maximum absolute atomic E-state index is 13.9. The predicted octanol–water partition coefficient (Wildman–Crippen LogP) is 5.51. The van der Waals surface area contributed by atoms with Gasteiger partial charge >= 0.3 is 0 Å². The van der Waals surface area contributed by atoms with Crippen LogP contribution < -0.4 is 9.64 Å². The van der Waals surface area contributed by atoms with Gasteiger partial charge < -0.3 is 9.64 Å². The molecule has 0 aliphatic carbocycles. The zero-order chi connectivity index (χ0) is 21.8. The summed E-state index contributed by atoms with van der Waals surface area (Å²) in [5.41, 5.74) is 2.79. The van der Waals surface area contributed by atoms with E-state index in [2.05, 4.69) is 16.0 Å². The Kier molecular flexibility index (Phi) is 6.04.